The molecule has 0 saturated carbocycles. The number of aryl methyl sites for hydroxylation is 1. The maximum absolute atomic E-state index is 14.4. The molecule has 2 atom stereocenters. The molecule has 90 valence electrons. The van der Waals surface area contributed by atoms with Gasteiger partial charge in [0.1, 0.15) is 0 Å². The molecule has 1 aliphatic rings. The third kappa shape index (κ3) is 2.30. The fourth-order valence-corrected chi connectivity index (χ4v) is 2.73. The molecule has 0 radical (unpaired) electrons. The molecule has 0 bridgehead atoms. The Morgan fingerprint density at radius 2 is 2.50 bits per heavy atom. The van der Waals surface area contributed by atoms with Crippen LogP contribution in [-0.2, 0) is 6.54 Å². The monoisotopic (exact) mass is 289 g/mol. The minimum atomic E-state index is -0.975. The van der Waals surface area contributed by atoms with Crippen LogP contribution < -0.4 is 5.32 Å². The summed E-state index contributed by atoms with van der Waals surface area (Å²) in [6.45, 7) is 3.60. The number of nitrogens with one attached hydrogen (secondary N) is 1. The third-order valence-corrected chi connectivity index (χ3v) is 3.71. The zero-order chi connectivity index (χ0) is 11.5. The standard InChI is InChI=1S/C11H17BrFN3/c1-2-16-11(8(12)7-15-16)10(13)9-5-3-4-6-14-9/h7,9-10,14H,2-6H2,1H3. The van der Waals surface area contributed by atoms with Crippen LogP contribution in [0.15, 0.2) is 10.7 Å². The van der Waals surface area contributed by atoms with E-state index in [-0.39, 0.29) is 6.04 Å². The number of hydrogen-bond donors (Lipinski definition) is 1. The second-order valence-electron chi connectivity index (χ2n) is 4.15. The summed E-state index contributed by atoms with van der Waals surface area (Å²) in [7, 11) is 0. The lowest BCUT2D eigenvalue weighted by molar-refractivity contribution is 0.209. The Labute approximate surface area is 104 Å². The van der Waals surface area contributed by atoms with Crippen LogP contribution in [0.25, 0.3) is 0 Å². The minimum Gasteiger partial charge on any atom is -0.311 e. The SMILES string of the molecule is CCn1ncc(Br)c1C(F)C1CCCCN1. The molecule has 16 heavy (non-hydrogen) atoms. The maximum Gasteiger partial charge on any atom is 0.158 e. The van der Waals surface area contributed by atoms with E-state index in [0.29, 0.717) is 12.2 Å². The minimum absolute atomic E-state index is 0.0629. The molecule has 1 aromatic heterocycles. The van der Waals surface area contributed by atoms with E-state index in [1.54, 1.807) is 10.9 Å². The van der Waals surface area contributed by atoms with Crippen LogP contribution in [0, 0.1) is 0 Å². The number of piperidine rings is 1. The summed E-state index contributed by atoms with van der Waals surface area (Å²) >= 11 is 3.37. The number of rotatable bonds is 3. The van der Waals surface area contributed by atoms with Crippen molar-refractivity contribution in [3.8, 4) is 0 Å². The largest absolute Gasteiger partial charge is 0.311 e. The number of hydrogen-bond acceptors (Lipinski definition) is 2. The summed E-state index contributed by atoms with van der Waals surface area (Å²) in [5.41, 5.74) is 0.668. The number of halogens is 2. The van der Waals surface area contributed by atoms with Gasteiger partial charge in [0.2, 0.25) is 0 Å². The van der Waals surface area contributed by atoms with Crippen molar-refractivity contribution in [2.24, 2.45) is 0 Å². The lowest BCUT2D eigenvalue weighted by Gasteiger charge is -2.27. The van der Waals surface area contributed by atoms with Gasteiger partial charge in [0, 0.05) is 12.6 Å². The summed E-state index contributed by atoms with van der Waals surface area (Å²) in [6.07, 6.45) is 3.86. The van der Waals surface area contributed by atoms with Gasteiger partial charge in [0.25, 0.3) is 0 Å². The fraction of sp³-hybridized carbons (Fsp3) is 0.727. The third-order valence-electron chi connectivity index (χ3n) is 3.10. The predicted octanol–water partition coefficient (Wildman–Crippen LogP) is 2.82. The molecule has 2 heterocycles. The molecule has 1 saturated heterocycles. The van der Waals surface area contributed by atoms with Crippen LogP contribution in [0.1, 0.15) is 38.1 Å². The maximum atomic E-state index is 14.4. The number of aromatic nitrogens is 2. The van der Waals surface area contributed by atoms with E-state index in [1.807, 2.05) is 6.92 Å². The first-order chi connectivity index (χ1) is 7.74. The molecule has 1 aromatic rings. The summed E-state index contributed by atoms with van der Waals surface area (Å²) in [4.78, 5) is 0. The molecule has 0 spiro atoms. The normalized spacial score (nSPS) is 23.3. The zero-order valence-corrected chi connectivity index (χ0v) is 11.0. The summed E-state index contributed by atoms with van der Waals surface area (Å²) in [5.74, 6) is 0. The van der Waals surface area contributed by atoms with Gasteiger partial charge in [-0.3, -0.25) is 4.68 Å². The van der Waals surface area contributed by atoms with Crippen molar-refractivity contribution < 1.29 is 4.39 Å². The van der Waals surface area contributed by atoms with Gasteiger partial charge in [0.05, 0.1) is 16.4 Å². The van der Waals surface area contributed by atoms with E-state index >= 15 is 0 Å². The van der Waals surface area contributed by atoms with Gasteiger partial charge in [-0.1, -0.05) is 6.42 Å². The van der Waals surface area contributed by atoms with Crippen LogP contribution in [-0.4, -0.2) is 22.4 Å². The van der Waals surface area contributed by atoms with Crippen LogP contribution in [0.4, 0.5) is 4.39 Å². The van der Waals surface area contributed by atoms with E-state index in [0.717, 1.165) is 30.3 Å². The van der Waals surface area contributed by atoms with Gasteiger partial charge >= 0.3 is 0 Å². The van der Waals surface area contributed by atoms with Crippen LogP contribution in [0.2, 0.25) is 0 Å². The smallest absolute Gasteiger partial charge is 0.158 e. The zero-order valence-electron chi connectivity index (χ0n) is 9.42. The first-order valence-corrected chi connectivity index (χ1v) is 6.62. The molecule has 2 rings (SSSR count). The van der Waals surface area contributed by atoms with Crippen LogP contribution in [0.5, 0.6) is 0 Å². The summed E-state index contributed by atoms with van der Waals surface area (Å²) < 4.78 is 16.9. The Hall–Kier alpha value is -0.420. The van der Waals surface area contributed by atoms with E-state index in [2.05, 4.69) is 26.3 Å². The van der Waals surface area contributed by atoms with Crippen molar-refractivity contribution in [1.29, 1.82) is 0 Å². The molecule has 0 amide bonds. The van der Waals surface area contributed by atoms with Crippen molar-refractivity contribution in [3.05, 3.63) is 16.4 Å². The molecule has 1 N–H and O–H groups in total. The second-order valence-corrected chi connectivity index (χ2v) is 5.01. The quantitative estimate of drug-likeness (QED) is 0.927. The highest BCUT2D eigenvalue weighted by Crippen LogP contribution is 2.31. The topological polar surface area (TPSA) is 29.9 Å². The highest BCUT2D eigenvalue weighted by atomic mass is 79.9. The van der Waals surface area contributed by atoms with Crippen molar-refractivity contribution in [1.82, 2.24) is 15.1 Å². The van der Waals surface area contributed by atoms with Crippen molar-refractivity contribution in [2.75, 3.05) is 6.54 Å². The molecule has 0 aromatic carbocycles. The first-order valence-electron chi connectivity index (χ1n) is 5.82. The Balaban J connectivity index is 2.18. The van der Waals surface area contributed by atoms with E-state index in [9.17, 15) is 4.39 Å². The van der Waals surface area contributed by atoms with Crippen molar-refractivity contribution in [2.45, 2.75) is 44.9 Å². The molecule has 5 heteroatoms. The Morgan fingerprint density at radius 3 is 3.12 bits per heavy atom. The second kappa shape index (κ2) is 5.27. The average molecular weight is 290 g/mol. The van der Waals surface area contributed by atoms with E-state index < -0.39 is 6.17 Å². The van der Waals surface area contributed by atoms with E-state index in [1.165, 1.54) is 0 Å². The molecule has 0 aliphatic carbocycles. The Bertz CT molecular complexity index is 347. The lowest BCUT2D eigenvalue weighted by Crippen LogP contribution is -2.38. The predicted molar refractivity (Wildman–Crippen MR) is 65.1 cm³/mol. The van der Waals surface area contributed by atoms with Crippen molar-refractivity contribution in [3.63, 3.8) is 0 Å². The van der Waals surface area contributed by atoms with Crippen LogP contribution >= 0.6 is 15.9 Å². The van der Waals surface area contributed by atoms with Gasteiger partial charge in [-0.2, -0.15) is 5.10 Å². The van der Waals surface area contributed by atoms with Gasteiger partial charge in [-0.25, -0.2) is 4.39 Å². The van der Waals surface area contributed by atoms with Gasteiger partial charge < -0.3 is 5.32 Å². The molecular weight excluding hydrogens is 273 g/mol. The highest BCUT2D eigenvalue weighted by Gasteiger charge is 2.28. The van der Waals surface area contributed by atoms with Gasteiger partial charge in [-0.05, 0) is 42.2 Å². The number of alkyl halides is 1. The number of nitrogens with zero attached hydrogens (tertiary/aromatic N) is 2. The first kappa shape index (κ1) is 12.0. The van der Waals surface area contributed by atoms with E-state index in [4.69, 9.17) is 0 Å². The summed E-state index contributed by atoms with van der Waals surface area (Å²) in [5, 5.41) is 7.40. The van der Waals surface area contributed by atoms with Crippen molar-refractivity contribution >= 4 is 15.9 Å². The molecule has 3 nitrogen and oxygen atoms in total. The van der Waals surface area contributed by atoms with Gasteiger partial charge in [-0.15, -0.1) is 0 Å². The molecule has 1 fully saturated rings. The molecule has 2 unspecified atom stereocenters. The molecule has 1 aliphatic heterocycles. The van der Waals surface area contributed by atoms with Crippen LogP contribution in [0.3, 0.4) is 0 Å². The fourth-order valence-electron chi connectivity index (χ4n) is 2.22. The lowest BCUT2D eigenvalue weighted by atomic mass is 9.99. The summed E-state index contributed by atoms with van der Waals surface area (Å²) in [6, 6.07) is -0.0629. The Kier molecular flexibility index (Phi) is 3.97. The highest BCUT2D eigenvalue weighted by molar-refractivity contribution is 9.10. The average Bonchev–Trinajstić information content (AvgIpc) is 2.70. The molecular formula is C11H17BrFN3. The van der Waals surface area contributed by atoms with Gasteiger partial charge in [0.15, 0.2) is 6.17 Å². The Morgan fingerprint density at radius 1 is 1.69 bits per heavy atom.